The van der Waals surface area contributed by atoms with Crippen LogP contribution in [-0.2, 0) is 24.3 Å². The largest absolute Gasteiger partial charge is 0.456 e. The molecule has 0 aliphatic carbocycles. The van der Waals surface area contributed by atoms with Crippen molar-refractivity contribution in [2.24, 2.45) is 0 Å². The van der Waals surface area contributed by atoms with E-state index >= 15 is 0 Å². The Morgan fingerprint density at radius 3 is 2.21 bits per heavy atom. The Balaban J connectivity index is 2.08. The zero-order valence-corrected chi connectivity index (χ0v) is 23.1. The molecule has 0 aliphatic rings. The van der Waals surface area contributed by atoms with Crippen LogP contribution >= 0.6 is 0 Å². The van der Waals surface area contributed by atoms with Gasteiger partial charge in [0.25, 0.3) is 5.69 Å². The quantitative estimate of drug-likeness (QED) is 0.126. The topological polar surface area (TPSA) is 162 Å². The van der Waals surface area contributed by atoms with Gasteiger partial charge in [0, 0.05) is 31.3 Å². The second kappa shape index (κ2) is 13.8. The third kappa shape index (κ3) is 10.4. The number of non-ortho nitro benzene ring substituents is 1. The third-order valence-corrected chi connectivity index (χ3v) is 6.81. The minimum atomic E-state index is -4.27. The van der Waals surface area contributed by atoms with E-state index in [1.165, 1.54) is 4.90 Å². The van der Waals surface area contributed by atoms with Gasteiger partial charge in [-0.2, -0.15) is 4.72 Å². The standard InChI is InChI=1S/C26H33N3O9S/c1-26(2,3)38-25(32)28(4)17-9-8-12-22(24(31)37-18-23(30)19-10-6-5-7-11-19)27-39(35,36)21-15-13-20(14-16-21)29(33)34/h5-7,10-11,13-16,22,27H,8-9,12,17-18H2,1-4H3/t22-/m0/s1. The number of hydrogen-bond acceptors (Lipinski definition) is 9. The highest BCUT2D eigenvalue weighted by molar-refractivity contribution is 7.89. The molecule has 0 saturated carbocycles. The predicted octanol–water partition coefficient (Wildman–Crippen LogP) is 3.71. The Morgan fingerprint density at radius 2 is 1.64 bits per heavy atom. The summed E-state index contributed by atoms with van der Waals surface area (Å²) in [4.78, 5) is 48.6. The number of nitrogens with one attached hydrogen (secondary N) is 1. The van der Waals surface area contributed by atoms with E-state index in [0.717, 1.165) is 24.3 Å². The number of esters is 1. The number of hydrogen-bond donors (Lipinski definition) is 1. The van der Waals surface area contributed by atoms with Crippen LogP contribution in [0.5, 0.6) is 0 Å². The molecule has 0 fully saturated rings. The lowest BCUT2D eigenvalue weighted by molar-refractivity contribution is -0.384. The normalized spacial score (nSPS) is 12.3. The average Bonchev–Trinajstić information content (AvgIpc) is 2.88. The van der Waals surface area contributed by atoms with Crippen LogP contribution in [0.3, 0.4) is 0 Å². The molecule has 0 aromatic heterocycles. The Labute approximate surface area is 227 Å². The molecule has 13 heteroatoms. The minimum Gasteiger partial charge on any atom is -0.456 e. The fourth-order valence-electron chi connectivity index (χ4n) is 3.30. The molecule has 2 aromatic carbocycles. The number of Topliss-reactive ketones (excluding diaryl/α,β-unsaturated/α-hetero) is 1. The first-order valence-electron chi connectivity index (χ1n) is 12.2. The number of carbonyl (C=O) groups is 3. The van der Waals surface area contributed by atoms with Gasteiger partial charge in [-0.3, -0.25) is 19.7 Å². The van der Waals surface area contributed by atoms with Crippen molar-refractivity contribution in [1.82, 2.24) is 9.62 Å². The first-order valence-corrected chi connectivity index (χ1v) is 13.6. The van der Waals surface area contributed by atoms with Gasteiger partial charge in [0.2, 0.25) is 10.0 Å². The minimum absolute atomic E-state index is 0.00668. The van der Waals surface area contributed by atoms with Crippen molar-refractivity contribution >= 4 is 33.6 Å². The molecule has 1 N–H and O–H groups in total. The number of sulfonamides is 1. The van der Waals surface area contributed by atoms with E-state index in [1.807, 2.05) is 0 Å². The van der Waals surface area contributed by atoms with Crippen LogP contribution in [0.2, 0.25) is 0 Å². The molecule has 2 aromatic rings. The second-order valence-electron chi connectivity index (χ2n) is 9.72. The van der Waals surface area contributed by atoms with Crippen molar-refractivity contribution in [3.63, 3.8) is 0 Å². The molecule has 39 heavy (non-hydrogen) atoms. The molecule has 2 rings (SSSR count). The van der Waals surface area contributed by atoms with Gasteiger partial charge < -0.3 is 14.4 Å². The summed E-state index contributed by atoms with van der Waals surface area (Å²) in [6, 6.07) is 11.0. The van der Waals surface area contributed by atoms with Crippen LogP contribution in [0.1, 0.15) is 50.4 Å². The van der Waals surface area contributed by atoms with Crippen LogP contribution in [-0.4, -0.2) is 67.9 Å². The molecule has 0 spiro atoms. The molecule has 0 unspecified atom stereocenters. The summed E-state index contributed by atoms with van der Waals surface area (Å²) in [6.07, 6.45) is 0.230. The summed E-state index contributed by atoms with van der Waals surface area (Å²) in [6.45, 7) is 4.94. The Morgan fingerprint density at radius 1 is 1.03 bits per heavy atom. The highest BCUT2D eigenvalue weighted by Crippen LogP contribution is 2.17. The van der Waals surface area contributed by atoms with Crippen molar-refractivity contribution in [2.45, 2.75) is 56.6 Å². The molecule has 0 radical (unpaired) electrons. The average molecular weight is 564 g/mol. The molecular formula is C26H33N3O9S. The monoisotopic (exact) mass is 563 g/mol. The highest BCUT2D eigenvalue weighted by atomic mass is 32.2. The van der Waals surface area contributed by atoms with Crippen LogP contribution < -0.4 is 4.72 Å². The van der Waals surface area contributed by atoms with Crippen LogP contribution in [0, 0.1) is 10.1 Å². The highest BCUT2D eigenvalue weighted by Gasteiger charge is 2.28. The molecular weight excluding hydrogens is 530 g/mol. The van der Waals surface area contributed by atoms with Crippen LogP contribution in [0.4, 0.5) is 10.5 Å². The van der Waals surface area contributed by atoms with E-state index in [4.69, 9.17) is 9.47 Å². The molecule has 0 saturated heterocycles. The van der Waals surface area contributed by atoms with Gasteiger partial charge in [0.05, 0.1) is 9.82 Å². The molecule has 0 heterocycles. The van der Waals surface area contributed by atoms with Gasteiger partial charge in [0.15, 0.2) is 12.4 Å². The number of nitro benzene ring substituents is 1. The number of nitro groups is 1. The zero-order valence-electron chi connectivity index (χ0n) is 22.3. The number of rotatable bonds is 13. The van der Waals surface area contributed by atoms with Gasteiger partial charge in [-0.25, -0.2) is 13.2 Å². The number of carbonyl (C=O) groups excluding carboxylic acids is 3. The fourth-order valence-corrected chi connectivity index (χ4v) is 4.52. The van der Waals surface area contributed by atoms with Crippen molar-refractivity contribution in [2.75, 3.05) is 20.2 Å². The molecule has 12 nitrogen and oxygen atoms in total. The van der Waals surface area contributed by atoms with Crippen LogP contribution in [0.15, 0.2) is 59.5 Å². The van der Waals surface area contributed by atoms with E-state index in [9.17, 15) is 32.9 Å². The number of unbranched alkanes of at least 4 members (excludes halogenated alkanes) is 1. The van der Waals surface area contributed by atoms with Gasteiger partial charge in [0.1, 0.15) is 11.6 Å². The number of nitrogens with zero attached hydrogens (tertiary/aromatic N) is 2. The summed E-state index contributed by atoms with van der Waals surface area (Å²) in [5.74, 6) is -1.41. The lowest BCUT2D eigenvalue weighted by atomic mass is 10.1. The molecule has 0 bridgehead atoms. The summed E-state index contributed by atoms with van der Waals surface area (Å²) >= 11 is 0. The van der Waals surface area contributed by atoms with Crippen molar-refractivity contribution < 1.29 is 37.2 Å². The number of ether oxygens (including phenoxy) is 2. The Bertz CT molecular complexity index is 1260. The first-order chi connectivity index (χ1) is 18.2. The SMILES string of the molecule is CN(CCCC[C@H](NS(=O)(=O)c1ccc([N+](=O)[O-])cc1)C(=O)OCC(=O)c1ccccc1)C(=O)OC(C)(C)C. The zero-order chi connectivity index (χ0) is 29.2. The number of ketones is 1. The summed E-state index contributed by atoms with van der Waals surface area (Å²) in [7, 11) is -2.71. The van der Waals surface area contributed by atoms with E-state index in [1.54, 1.807) is 58.2 Å². The number of amides is 1. The molecule has 1 amide bonds. The second-order valence-corrected chi connectivity index (χ2v) is 11.4. The first kappa shape index (κ1) is 31.4. The van der Waals surface area contributed by atoms with Crippen molar-refractivity contribution in [3.8, 4) is 0 Å². The molecule has 0 aliphatic heterocycles. The lowest BCUT2D eigenvalue weighted by Gasteiger charge is -2.24. The Kier molecular flexibility index (Phi) is 11.1. The van der Waals surface area contributed by atoms with E-state index in [2.05, 4.69) is 4.72 Å². The van der Waals surface area contributed by atoms with Gasteiger partial charge >= 0.3 is 12.1 Å². The number of benzene rings is 2. The van der Waals surface area contributed by atoms with Gasteiger partial charge in [-0.1, -0.05) is 30.3 Å². The summed E-state index contributed by atoms with van der Waals surface area (Å²) < 4.78 is 38.6. The summed E-state index contributed by atoms with van der Waals surface area (Å²) in [5.41, 5.74) is -0.620. The maximum atomic E-state index is 12.9. The fraction of sp³-hybridized carbons (Fsp3) is 0.423. The molecule has 212 valence electrons. The van der Waals surface area contributed by atoms with E-state index in [-0.39, 0.29) is 23.5 Å². The van der Waals surface area contributed by atoms with Crippen molar-refractivity contribution in [3.05, 3.63) is 70.3 Å². The van der Waals surface area contributed by atoms with Gasteiger partial charge in [-0.15, -0.1) is 0 Å². The smallest absolute Gasteiger partial charge is 0.410 e. The summed E-state index contributed by atoms with van der Waals surface area (Å²) in [5, 5.41) is 10.9. The Hall–Kier alpha value is -3.84. The van der Waals surface area contributed by atoms with Crippen LogP contribution in [0.25, 0.3) is 0 Å². The molecule has 1 atom stereocenters. The predicted molar refractivity (Wildman–Crippen MR) is 142 cm³/mol. The maximum Gasteiger partial charge on any atom is 0.410 e. The van der Waals surface area contributed by atoms with Gasteiger partial charge in [-0.05, 0) is 52.2 Å². The van der Waals surface area contributed by atoms with Crippen molar-refractivity contribution in [1.29, 1.82) is 0 Å². The van der Waals surface area contributed by atoms with E-state index < -0.39 is 51.0 Å². The maximum absolute atomic E-state index is 12.9. The third-order valence-electron chi connectivity index (χ3n) is 5.32. The van der Waals surface area contributed by atoms with E-state index in [0.29, 0.717) is 18.4 Å². The lowest BCUT2D eigenvalue weighted by Crippen LogP contribution is -2.42.